The summed E-state index contributed by atoms with van der Waals surface area (Å²) >= 11 is 1.15. The van der Waals surface area contributed by atoms with Crippen molar-refractivity contribution in [3.63, 3.8) is 0 Å². The van der Waals surface area contributed by atoms with E-state index in [1.165, 1.54) is 4.31 Å². The molecule has 3 aromatic rings. The Morgan fingerprint density at radius 2 is 1.97 bits per heavy atom. The first-order valence-corrected chi connectivity index (χ1v) is 14.5. The van der Waals surface area contributed by atoms with Crippen molar-refractivity contribution in [3.05, 3.63) is 53.3 Å². The number of halogens is 3. The second kappa shape index (κ2) is 10.4. The van der Waals surface area contributed by atoms with Gasteiger partial charge in [-0.05, 0) is 55.9 Å². The number of rotatable bonds is 7. The molecule has 36 heavy (non-hydrogen) atoms. The molecular weight excluding hydrogens is 511 g/mol. The number of nitrogens with zero attached hydrogens (tertiary/aromatic N) is 3. The minimum Gasteiger partial charge on any atom is -0.376 e. The van der Waals surface area contributed by atoms with Gasteiger partial charge in [-0.2, -0.15) is 4.31 Å². The summed E-state index contributed by atoms with van der Waals surface area (Å²) in [5, 5.41) is 0.505. The van der Waals surface area contributed by atoms with Crippen molar-refractivity contribution in [1.29, 1.82) is 0 Å². The standard InChI is InChI=1S/C25H28F3N3O3S2/c1-16-4-2-8-30(13-16)36(32,33)20-6-7-23-22(12-20)29-25(31(23)14-19-5-3-9-34-19)35-15-17-10-18(26)11-21(27)24(17)28/h6-7,10-12,16,19H,2-5,8-9,13-15H2,1H3/t16-,19-/m0/s1. The van der Waals surface area contributed by atoms with Gasteiger partial charge >= 0.3 is 0 Å². The lowest BCUT2D eigenvalue weighted by molar-refractivity contribution is 0.0960. The Balaban J connectivity index is 1.49. The average molecular weight is 540 g/mol. The van der Waals surface area contributed by atoms with Crippen LogP contribution >= 0.6 is 11.8 Å². The first-order chi connectivity index (χ1) is 17.2. The Bertz CT molecular complexity index is 1370. The molecule has 0 saturated carbocycles. The lowest BCUT2D eigenvalue weighted by Crippen LogP contribution is -2.39. The number of sulfonamides is 1. The van der Waals surface area contributed by atoms with Gasteiger partial charge in [-0.3, -0.25) is 0 Å². The molecule has 3 heterocycles. The molecule has 0 unspecified atom stereocenters. The third kappa shape index (κ3) is 5.16. The van der Waals surface area contributed by atoms with E-state index in [-0.39, 0.29) is 22.3 Å². The lowest BCUT2D eigenvalue weighted by Gasteiger charge is -2.30. The van der Waals surface area contributed by atoms with Crippen LogP contribution in [0, 0.1) is 23.4 Å². The van der Waals surface area contributed by atoms with Gasteiger partial charge in [0.05, 0.1) is 28.6 Å². The highest BCUT2D eigenvalue weighted by Gasteiger charge is 2.29. The van der Waals surface area contributed by atoms with Crippen LogP contribution < -0.4 is 0 Å². The van der Waals surface area contributed by atoms with E-state index < -0.39 is 27.5 Å². The van der Waals surface area contributed by atoms with E-state index in [0.29, 0.717) is 48.9 Å². The van der Waals surface area contributed by atoms with Crippen LogP contribution in [0.2, 0.25) is 0 Å². The zero-order chi connectivity index (χ0) is 25.4. The number of piperidine rings is 1. The fourth-order valence-electron chi connectivity index (χ4n) is 4.90. The second-order valence-corrected chi connectivity index (χ2v) is 12.4. The van der Waals surface area contributed by atoms with E-state index in [9.17, 15) is 21.6 Å². The smallest absolute Gasteiger partial charge is 0.243 e. The summed E-state index contributed by atoms with van der Waals surface area (Å²) < 4.78 is 77.5. The van der Waals surface area contributed by atoms with Crippen molar-refractivity contribution in [2.75, 3.05) is 19.7 Å². The molecule has 2 saturated heterocycles. The number of imidazole rings is 1. The van der Waals surface area contributed by atoms with Gasteiger partial charge in [0.15, 0.2) is 16.8 Å². The van der Waals surface area contributed by atoms with Crippen LogP contribution in [0.3, 0.4) is 0 Å². The molecule has 2 aliphatic heterocycles. The minimum atomic E-state index is -3.66. The molecule has 0 bridgehead atoms. The van der Waals surface area contributed by atoms with Crippen molar-refractivity contribution in [1.82, 2.24) is 13.9 Å². The van der Waals surface area contributed by atoms with Gasteiger partial charge in [0.2, 0.25) is 10.0 Å². The number of hydrogen-bond donors (Lipinski definition) is 0. The molecule has 0 aliphatic carbocycles. The predicted octanol–water partition coefficient (Wildman–Crippen LogP) is 5.35. The Labute approximate surface area is 212 Å². The highest BCUT2D eigenvalue weighted by Crippen LogP contribution is 2.32. The second-order valence-electron chi connectivity index (χ2n) is 9.55. The summed E-state index contributed by atoms with van der Waals surface area (Å²) in [4.78, 5) is 4.84. The van der Waals surface area contributed by atoms with Crippen molar-refractivity contribution in [3.8, 4) is 0 Å². The maximum atomic E-state index is 14.2. The number of fused-ring (bicyclic) bond motifs is 1. The predicted molar refractivity (Wildman–Crippen MR) is 132 cm³/mol. The summed E-state index contributed by atoms with van der Waals surface area (Å²) in [6, 6.07) is 6.40. The molecular formula is C25H28F3N3O3S2. The van der Waals surface area contributed by atoms with E-state index >= 15 is 0 Å². The molecule has 2 aliphatic rings. The fourth-order valence-corrected chi connectivity index (χ4v) is 7.50. The average Bonchev–Trinajstić information content (AvgIpc) is 3.48. The SMILES string of the molecule is C[C@H]1CCCN(S(=O)(=O)c2ccc3c(c2)nc(SCc2cc(F)cc(F)c2F)n3C[C@@H]2CCCO2)C1. The largest absolute Gasteiger partial charge is 0.376 e. The molecule has 6 nitrogen and oxygen atoms in total. The number of thioether (sulfide) groups is 1. The number of ether oxygens (including phenoxy) is 1. The Morgan fingerprint density at radius 3 is 2.72 bits per heavy atom. The van der Waals surface area contributed by atoms with Crippen molar-refractivity contribution in [2.24, 2.45) is 5.92 Å². The summed E-state index contributed by atoms with van der Waals surface area (Å²) in [6.07, 6.45) is 3.65. The van der Waals surface area contributed by atoms with Gasteiger partial charge in [0.1, 0.15) is 5.82 Å². The van der Waals surface area contributed by atoms with E-state index in [4.69, 9.17) is 4.74 Å². The number of hydrogen-bond acceptors (Lipinski definition) is 5. The zero-order valence-electron chi connectivity index (χ0n) is 19.9. The van der Waals surface area contributed by atoms with Gasteiger partial charge in [0, 0.05) is 37.1 Å². The summed E-state index contributed by atoms with van der Waals surface area (Å²) in [5.74, 6) is -2.90. The monoisotopic (exact) mass is 539 g/mol. The molecule has 2 aromatic carbocycles. The fraction of sp³-hybridized carbons (Fsp3) is 0.480. The first-order valence-electron chi connectivity index (χ1n) is 12.1. The van der Waals surface area contributed by atoms with Crippen LogP contribution in [-0.4, -0.2) is 48.1 Å². The zero-order valence-corrected chi connectivity index (χ0v) is 21.6. The number of aromatic nitrogens is 2. The van der Waals surface area contributed by atoms with Gasteiger partial charge < -0.3 is 9.30 Å². The molecule has 11 heteroatoms. The van der Waals surface area contributed by atoms with E-state index in [1.54, 1.807) is 18.2 Å². The highest BCUT2D eigenvalue weighted by molar-refractivity contribution is 7.98. The first kappa shape index (κ1) is 25.6. The van der Waals surface area contributed by atoms with Crippen LogP contribution in [0.4, 0.5) is 13.2 Å². The molecule has 0 radical (unpaired) electrons. The van der Waals surface area contributed by atoms with E-state index in [1.807, 2.05) is 4.57 Å². The Kier molecular flexibility index (Phi) is 7.35. The van der Waals surface area contributed by atoms with Crippen LogP contribution in [0.1, 0.15) is 38.2 Å². The van der Waals surface area contributed by atoms with Crippen molar-refractivity contribution >= 4 is 32.8 Å². The summed E-state index contributed by atoms with van der Waals surface area (Å²) in [5.41, 5.74) is 1.12. The lowest BCUT2D eigenvalue weighted by atomic mass is 10.0. The third-order valence-corrected chi connectivity index (χ3v) is 9.66. The van der Waals surface area contributed by atoms with Crippen LogP contribution in [0.25, 0.3) is 11.0 Å². The van der Waals surface area contributed by atoms with E-state index in [2.05, 4.69) is 11.9 Å². The Hall–Kier alpha value is -2.08. The van der Waals surface area contributed by atoms with Gasteiger partial charge in [0.25, 0.3) is 0 Å². The van der Waals surface area contributed by atoms with E-state index in [0.717, 1.165) is 49.0 Å². The maximum Gasteiger partial charge on any atom is 0.243 e. The van der Waals surface area contributed by atoms with Gasteiger partial charge in [-0.1, -0.05) is 18.7 Å². The van der Waals surface area contributed by atoms with Gasteiger partial charge in [-0.15, -0.1) is 0 Å². The topological polar surface area (TPSA) is 64.4 Å². The van der Waals surface area contributed by atoms with Gasteiger partial charge in [-0.25, -0.2) is 26.6 Å². The quantitative estimate of drug-likeness (QED) is 0.299. The molecule has 5 rings (SSSR count). The molecule has 0 spiro atoms. The Morgan fingerprint density at radius 1 is 1.14 bits per heavy atom. The molecule has 194 valence electrons. The summed E-state index contributed by atoms with van der Waals surface area (Å²) in [7, 11) is -3.66. The van der Waals surface area contributed by atoms with Crippen LogP contribution in [-0.2, 0) is 27.1 Å². The molecule has 0 N–H and O–H groups in total. The van der Waals surface area contributed by atoms with Crippen molar-refractivity contribution < 1.29 is 26.3 Å². The van der Waals surface area contributed by atoms with Crippen LogP contribution in [0.5, 0.6) is 0 Å². The third-order valence-electron chi connectivity index (χ3n) is 6.78. The van der Waals surface area contributed by atoms with Crippen LogP contribution in [0.15, 0.2) is 40.4 Å². The van der Waals surface area contributed by atoms with Crippen molar-refractivity contribution in [2.45, 2.75) is 61.1 Å². The normalized spacial score (nSPS) is 21.4. The minimum absolute atomic E-state index is 0.0247. The molecule has 1 aromatic heterocycles. The molecule has 0 amide bonds. The molecule has 2 fully saturated rings. The number of benzene rings is 2. The molecule has 2 atom stereocenters. The maximum absolute atomic E-state index is 14.2. The highest BCUT2D eigenvalue weighted by atomic mass is 32.2. The summed E-state index contributed by atoms with van der Waals surface area (Å²) in [6.45, 7) is 4.20.